The average Bonchev–Trinajstić information content (AvgIpc) is 2.79. The number of hydrogen-bond acceptors (Lipinski definition) is 3. The largest absolute Gasteiger partial charge is 0.377 e. The van der Waals surface area contributed by atoms with Gasteiger partial charge in [-0.05, 0) is 32.0 Å². The van der Waals surface area contributed by atoms with Crippen molar-refractivity contribution in [1.82, 2.24) is 14.7 Å². The second-order valence-electron chi connectivity index (χ2n) is 5.81. The van der Waals surface area contributed by atoms with Gasteiger partial charge < -0.3 is 9.64 Å². The van der Waals surface area contributed by atoms with Crippen molar-refractivity contribution >= 4 is 5.91 Å². The summed E-state index contributed by atoms with van der Waals surface area (Å²) in [5.74, 6) is -0.588. The van der Waals surface area contributed by atoms with Gasteiger partial charge in [0.15, 0.2) is 0 Å². The molecule has 0 saturated carbocycles. The highest BCUT2D eigenvalue weighted by Gasteiger charge is 2.33. The molecule has 122 valence electrons. The molecule has 0 bridgehead atoms. The topological polar surface area (TPSA) is 47.4 Å². The smallest absolute Gasteiger partial charge is 0.254 e. The molecule has 3 rings (SSSR count). The monoisotopic (exact) mass is 317 g/mol. The van der Waals surface area contributed by atoms with E-state index in [-0.39, 0.29) is 11.9 Å². The maximum atomic E-state index is 13.4. The molecule has 1 amide bonds. The number of hydrogen-bond donors (Lipinski definition) is 0. The van der Waals surface area contributed by atoms with E-state index in [0.29, 0.717) is 25.3 Å². The number of ether oxygens (including phenoxy) is 1. The molecular formula is C17H20FN3O2. The summed E-state index contributed by atoms with van der Waals surface area (Å²) in [6, 6.07) is 5.61. The first-order valence-electron chi connectivity index (χ1n) is 7.63. The fourth-order valence-electron chi connectivity index (χ4n) is 3.15. The molecule has 1 saturated heterocycles. The van der Waals surface area contributed by atoms with Crippen LogP contribution in [0, 0.1) is 19.7 Å². The molecule has 5 nitrogen and oxygen atoms in total. The Morgan fingerprint density at radius 3 is 2.83 bits per heavy atom. The Bertz CT molecular complexity index is 741. The van der Waals surface area contributed by atoms with Crippen molar-refractivity contribution in [3.8, 4) is 0 Å². The molecule has 1 aromatic heterocycles. The normalized spacial score (nSPS) is 18.3. The van der Waals surface area contributed by atoms with Crippen molar-refractivity contribution in [3.05, 3.63) is 52.6 Å². The standard InChI is InChI=1S/C17H20FN3O2/c1-11-16(12(2)20(3)19-11)15-10-23-8-7-21(15)17(22)13-5-4-6-14(18)9-13/h4-6,9,15H,7-8,10H2,1-3H3. The van der Waals surface area contributed by atoms with Crippen LogP contribution in [0.3, 0.4) is 0 Å². The number of morpholine rings is 1. The first-order chi connectivity index (χ1) is 11.0. The van der Waals surface area contributed by atoms with E-state index in [0.717, 1.165) is 17.0 Å². The number of amides is 1. The molecule has 0 spiro atoms. The minimum absolute atomic E-state index is 0.180. The van der Waals surface area contributed by atoms with Gasteiger partial charge in [-0.2, -0.15) is 5.10 Å². The summed E-state index contributed by atoms with van der Waals surface area (Å²) in [5, 5.41) is 4.43. The van der Waals surface area contributed by atoms with E-state index in [1.165, 1.54) is 12.1 Å². The van der Waals surface area contributed by atoms with E-state index in [9.17, 15) is 9.18 Å². The number of aryl methyl sites for hydroxylation is 2. The molecule has 1 aliphatic rings. The fourth-order valence-corrected chi connectivity index (χ4v) is 3.15. The van der Waals surface area contributed by atoms with E-state index in [2.05, 4.69) is 5.10 Å². The third-order valence-corrected chi connectivity index (χ3v) is 4.36. The summed E-state index contributed by atoms with van der Waals surface area (Å²) in [4.78, 5) is 14.6. The van der Waals surface area contributed by atoms with Crippen LogP contribution in [0.15, 0.2) is 24.3 Å². The zero-order chi connectivity index (χ0) is 16.6. The highest BCUT2D eigenvalue weighted by molar-refractivity contribution is 5.94. The maximum absolute atomic E-state index is 13.4. The number of rotatable bonds is 2. The van der Waals surface area contributed by atoms with Crippen LogP contribution in [0.1, 0.15) is 33.4 Å². The lowest BCUT2D eigenvalue weighted by Crippen LogP contribution is -2.43. The minimum Gasteiger partial charge on any atom is -0.377 e. The Kier molecular flexibility index (Phi) is 4.17. The summed E-state index contributed by atoms with van der Waals surface area (Å²) in [7, 11) is 1.88. The van der Waals surface area contributed by atoms with E-state index in [1.807, 2.05) is 25.6 Å². The first-order valence-corrected chi connectivity index (χ1v) is 7.63. The zero-order valence-electron chi connectivity index (χ0n) is 13.5. The first kappa shape index (κ1) is 15.7. The van der Waals surface area contributed by atoms with E-state index in [4.69, 9.17) is 4.74 Å². The summed E-state index contributed by atoms with van der Waals surface area (Å²) < 4.78 is 20.8. The summed E-state index contributed by atoms with van der Waals surface area (Å²) >= 11 is 0. The lowest BCUT2D eigenvalue weighted by atomic mass is 10.0. The predicted octanol–water partition coefficient (Wildman–Crippen LogP) is 2.39. The van der Waals surface area contributed by atoms with E-state index >= 15 is 0 Å². The number of nitrogens with zero attached hydrogens (tertiary/aromatic N) is 3. The van der Waals surface area contributed by atoms with Crippen molar-refractivity contribution in [2.45, 2.75) is 19.9 Å². The zero-order valence-corrected chi connectivity index (χ0v) is 13.5. The Morgan fingerprint density at radius 2 is 2.17 bits per heavy atom. The van der Waals surface area contributed by atoms with Gasteiger partial charge >= 0.3 is 0 Å². The molecule has 2 aromatic rings. The second-order valence-corrected chi connectivity index (χ2v) is 5.81. The van der Waals surface area contributed by atoms with Crippen LogP contribution in [-0.2, 0) is 11.8 Å². The van der Waals surface area contributed by atoms with Gasteiger partial charge in [-0.1, -0.05) is 6.07 Å². The van der Waals surface area contributed by atoms with Crippen LogP contribution in [0.2, 0.25) is 0 Å². The van der Waals surface area contributed by atoms with E-state index in [1.54, 1.807) is 17.0 Å². The van der Waals surface area contributed by atoms with Gasteiger partial charge in [-0.25, -0.2) is 4.39 Å². The molecule has 1 fully saturated rings. The van der Waals surface area contributed by atoms with Gasteiger partial charge in [0.25, 0.3) is 5.91 Å². The van der Waals surface area contributed by atoms with Gasteiger partial charge in [0.1, 0.15) is 5.82 Å². The van der Waals surface area contributed by atoms with Crippen LogP contribution in [0.5, 0.6) is 0 Å². The molecule has 0 radical (unpaired) electrons. The van der Waals surface area contributed by atoms with Crippen LogP contribution < -0.4 is 0 Å². The van der Waals surface area contributed by atoms with Gasteiger partial charge in [-0.3, -0.25) is 9.48 Å². The van der Waals surface area contributed by atoms with Gasteiger partial charge in [-0.15, -0.1) is 0 Å². The maximum Gasteiger partial charge on any atom is 0.254 e. The highest BCUT2D eigenvalue weighted by Crippen LogP contribution is 2.30. The molecule has 2 heterocycles. The molecule has 0 N–H and O–H groups in total. The lowest BCUT2D eigenvalue weighted by Gasteiger charge is -2.36. The van der Waals surface area contributed by atoms with Gasteiger partial charge in [0, 0.05) is 30.4 Å². The Balaban J connectivity index is 1.97. The second kappa shape index (κ2) is 6.12. The number of carbonyl (C=O) groups is 1. The summed E-state index contributed by atoms with van der Waals surface area (Å²) in [6.45, 7) is 5.30. The number of halogens is 1. The van der Waals surface area contributed by atoms with Crippen LogP contribution in [-0.4, -0.2) is 40.3 Å². The average molecular weight is 317 g/mol. The third kappa shape index (κ3) is 2.86. The molecule has 1 aliphatic heterocycles. The van der Waals surface area contributed by atoms with Crippen molar-refractivity contribution in [2.24, 2.45) is 7.05 Å². The highest BCUT2D eigenvalue weighted by atomic mass is 19.1. The Hall–Kier alpha value is -2.21. The molecule has 1 atom stereocenters. The summed E-state index contributed by atoms with van der Waals surface area (Å²) in [6.07, 6.45) is 0. The predicted molar refractivity (Wildman–Crippen MR) is 83.7 cm³/mol. The number of aromatic nitrogens is 2. The van der Waals surface area contributed by atoms with Crippen molar-refractivity contribution in [1.29, 1.82) is 0 Å². The van der Waals surface area contributed by atoms with E-state index < -0.39 is 5.82 Å². The molecule has 23 heavy (non-hydrogen) atoms. The van der Waals surface area contributed by atoms with Crippen molar-refractivity contribution < 1.29 is 13.9 Å². The molecule has 0 aliphatic carbocycles. The van der Waals surface area contributed by atoms with Gasteiger partial charge in [0.2, 0.25) is 0 Å². The third-order valence-electron chi connectivity index (χ3n) is 4.36. The molecule has 1 unspecified atom stereocenters. The van der Waals surface area contributed by atoms with Crippen molar-refractivity contribution in [3.63, 3.8) is 0 Å². The quantitative estimate of drug-likeness (QED) is 0.854. The van der Waals surface area contributed by atoms with Crippen LogP contribution in [0.25, 0.3) is 0 Å². The van der Waals surface area contributed by atoms with Crippen LogP contribution in [0.4, 0.5) is 4.39 Å². The minimum atomic E-state index is -0.408. The molecule has 1 aromatic carbocycles. The van der Waals surface area contributed by atoms with Gasteiger partial charge in [0.05, 0.1) is 24.9 Å². The Labute approximate surface area is 134 Å². The Morgan fingerprint density at radius 1 is 1.39 bits per heavy atom. The lowest BCUT2D eigenvalue weighted by molar-refractivity contribution is -0.00306. The molecular weight excluding hydrogens is 297 g/mol. The molecule has 6 heteroatoms. The van der Waals surface area contributed by atoms with Crippen molar-refractivity contribution in [2.75, 3.05) is 19.8 Å². The number of benzene rings is 1. The summed E-state index contributed by atoms with van der Waals surface area (Å²) in [5.41, 5.74) is 3.26. The van der Waals surface area contributed by atoms with Crippen LogP contribution >= 0.6 is 0 Å². The fraction of sp³-hybridized carbons (Fsp3) is 0.412. The number of carbonyl (C=O) groups excluding carboxylic acids is 1. The SMILES string of the molecule is Cc1nn(C)c(C)c1C1COCCN1C(=O)c1cccc(F)c1.